The van der Waals surface area contributed by atoms with Gasteiger partial charge in [-0.05, 0) is 36.6 Å². The Morgan fingerprint density at radius 2 is 1.77 bits per heavy atom. The number of nitrogens with zero attached hydrogens (tertiary/aromatic N) is 2. The molecular weight excluding hydrogens is 350 g/mol. The van der Waals surface area contributed by atoms with E-state index in [1.165, 1.54) is 0 Å². The van der Waals surface area contributed by atoms with Crippen molar-refractivity contribution in [3.8, 4) is 5.75 Å². The van der Waals surface area contributed by atoms with Crippen LogP contribution in [0.5, 0.6) is 5.75 Å². The van der Waals surface area contributed by atoms with Crippen molar-refractivity contribution >= 4 is 15.8 Å². The highest BCUT2D eigenvalue weighted by atomic mass is 32.2. The summed E-state index contributed by atoms with van der Waals surface area (Å²) in [4.78, 5) is 5.48. The fourth-order valence-corrected chi connectivity index (χ4v) is 4.63. The van der Waals surface area contributed by atoms with Gasteiger partial charge in [0.1, 0.15) is 23.4 Å². The maximum Gasteiger partial charge on any atom is 0.274 e. The van der Waals surface area contributed by atoms with Crippen LogP contribution in [-0.4, -0.2) is 40.0 Å². The number of nitrogens with one attached hydrogen (secondary N) is 1. The van der Waals surface area contributed by atoms with Crippen LogP contribution in [0.25, 0.3) is 0 Å². The van der Waals surface area contributed by atoms with Crippen molar-refractivity contribution in [1.29, 1.82) is 0 Å². The molecule has 1 aliphatic heterocycles. The number of sulfonamides is 1. The lowest BCUT2D eigenvalue weighted by Crippen LogP contribution is -2.36. The second-order valence-electron chi connectivity index (χ2n) is 6.58. The zero-order valence-electron chi connectivity index (χ0n) is 15.3. The minimum atomic E-state index is -3.40. The van der Waals surface area contributed by atoms with Crippen LogP contribution in [0.4, 0.5) is 5.82 Å². The van der Waals surface area contributed by atoms with E-state index in [0.717, 1.165) is 36.4 Å². The molecule has 3 rings (SSSR count). The molecule has 1 saturated heterocycles. The Hall–Kier alpha value is -2.12. The fraction of sp³-hybridized carbons (Fsp3) is 0.421. The average Bonchev–Trinajstić information content (AvgIpc) is 2.69. The van der Waals surface area contributed by atoms with Crippen molar-refractivity contribution < 1.29 is 18.1 Å². The summed E-state index contributed by atoms with van der Waals surface area (Å²) in [7, 11) is 0.214. The first-order valence-electron chi connectivity index (χ1n) is 8.86. The van der Waals surface area contributed by atoms with Gasteiger partial charge in [0.15, 0.2) is 0 Å². The first-order chi connectivity index (χ1) is 12.5. The molecule has 0 bridgehead atoms. The number of rotatable bonds is 6. The molecule has 0 atom stereocenters. The van der Waals surface area contributed by atoms with Crippen LogP contribution in [0.3, 0.4) is 0 Å². The van der Waals surface area contributed by atoms with E-state index in [1.54, 1.807) is 23.7 Å². The summed E-state index contributed by atoms with van der Waals surface area (Å²) in [5.74, 6) is 1.69. The molecule has 26 heavy (non-hydrogen) atoms. The van der Waals surface area contributed by atoms with E-state index in [9.17, 15) is 8.42 Å². The number of anilines is 1. The topological polar surface area (TPSA) is 64.0 Å². The summed E-state index contributed by atoms with van der Waals surface area (Å²) in [5, 5.41) is 0. The number of ether oxygens (including phenoxy) is 1. The first kappa shape index (κ1) is 18.7. The molecule has 0 radical (unpaired) electrons. The van der Waals surface area contributed by atoms with Crippen molar-refractivity contribution in [3.63, 3.8) is 0 Å². The smallest absolute Gasteiger partial charge is 0.274 e. The third kappa shape index (κ3) is 4.16. The quantitative estimate of drug-likeness (QED) is 0.776. The molecule has 0 amide bonds. The maximum atomic E-state index is 12.7. The summed E-state index contributed by atoms with van der Waals surface area (Å²) in [6, 6.07) is 11.4. The lowest BCUT2D eigenvalue weighted by atomic mass is 10.2. The highest BCUT2D eigenvalue weighted by molar-refractivity contribution is 7.89. The molecule has 1 aliphatic rings. The van der Waals surface area contributed by atoms with Crippen LogP contribution in [0.2, 0.25) is 0 Å². The molecule has 1 aromatic carbocycles. The largest absolute Gasteiger partial charge is 0.497 e. The van der Waals surface area contributed by atoms with Crippen LogP contribution >= 0.6 is 0 Å². The molecule has 1 aromatic heterocycles. The summed E-state index contributed by atoms with van der Waals surface area (Å²) < 4.78 is 32.2. The maximum absolute atomic E-state index is 12.7. The molecule has 0 saturated carbocycles. The number of benzene rings is 1. The van der Waals surface area contributed by atoms with Crippen molar-refractivity contribution in [2.24, 2.45) is 0 Å². The molecule has 2 heterocycles. The number of piperidine rings is 1. The second-order valence-corrected chi connectivity index (χ2v) is 8.52. The first-order valence-corrected chi connectivity index (χ1v) is 10.3. The van der Waals surface area contributed by atoms with Crippen LogP contribution in [0.15, 0.2) is 47.5 Å². The Bertz CT molecular complexity index is 814. The predicted molar refractivity (Wildman–Crippen MR) is 101 cm³/mol. The third-order valence-electron chi connectivity index (χ3n) is 4.71. The molecule has 140 valence electrons. The Kier molecular flexibility index (Phi) is 5.78. The van der Waals surface area contributed by atoms with Gasteiger partial charge in [0, 0.05) is 19.2 Å². The Morgan fingerprint density at radius 3 is 2.35 bits per heavy atom. The van der Waals surface area contributed by atoms with Gasteiger partial charge in [-0.1, -0.05) is 18.6 Å². The number of methoxy groups -OCH3 is 1. The van der Waals surface area contributed by atoms with Gasteiger partial charge in [-0.25, -0.2) is 13.4 Å². The van der Waals surface area contributed by atoms with E-state index in [1.807, 2.05) is 42.3 Å². The third-order valence-corrected chi connectivity index (χ3v) is 6.61. The van der Waals surface area contributed by atoms with E-state index in [0.29, 0.717) is 24.5 Å². The summed E-state index contributed by atoms with van der Waals surface area (Å²) in [6.45, 7) is 1.93. The van der Waals surface area contributed by atoms with Crippen LogP contribution in [0, 0.1) is 0 Å². The van der Waals surface area contributed by atoms with Gasteiger partial charge < -0.3 is 4.74 Å². The molecular formula is C19H26N3O3S+. The number of hydrogen-bond acceptors (Lipinski definition) is 4. The van der Waals surface area contributed by atoms with E-state index >= 15 is 0 Å². The molecule has 1 N–H and O–H groups in total. The number of aromatic nitrogens is 1. The van der Waals surface area contributed by atoms with E-state index in [4.69, 9.17) is 4.74 Å². The highest BCUT2D eigenvalue weighted by Gasteiger charge is 2.27. The Balaban J connectivity index is 1.69. The number of hydrogen-bond donors (Lipinski definition) is 0. The number of H-pyrrole nitrogens is 1. The molecule has 1 fully saturated rings. The van der Waals surface area contributed by atoms with Gasteiger partial charge in [-0.15, -0.1) is 0 Å². The molecule has 0 unspecified atom stereocenters. The Labute approximate surface area is 155 Å². The van der Waals surface area contributed by atoms with Crippen molar-refractivity contribution in [3.05, 3.63) is 48.2 Å². The minimum absolute atomic E-state index is 0.320. The molecule has 0 spiro atoms. The van der Waals surface area contributed by atoms with Crippen LogP contribution < -0.4 is 14.6 Å². The SMILES string of the molecule is COc1ccc(CN(C)c2ccc(S(=O)(=O)N3CCCCC3)c[nH+]2)cc1. The van der Waals surface area contributed by atoms with Crippen molar-refractivity contribution in [2.75, 3.05) is 32.1 Å². The van der Waals surface area contributed by atoms with Gasteiger partial charge in [-0.2, -0.15) is 4.31 Å². The summed E-state index contributed by atoms with van der Waals surface area (Å²) in [6.07, 6.45) is 4.56. The zero-order valence-corrected chi connectivity index (χ0v) is 16.1. The average molecular weight is 377 g/mol. The van der Waals surface area contributed by atoms with Crippen LogP contribution in [0.1, 0.15) is 24.8 Å². The lowest BCUT2D eigenvalue weighted by molar-refractivity contribution is -0.367. The van der Waals surface area contributed by atoms with E-state index < -0.39 is 10.0 Å². The normalized spacial score (nSPS) is 15.6. The van der Waals surface area contributed by atoms with Gasteiger partial charge in [-0.3, -0.25) is 4.90 Å². The highest BCUT2D eigenvalue weighted by Crippen LogP contribution is 2.21. The summed E-state index contributed by atoms with van der Waals surface area (Å²) in [5.41, 5.74) is 1.15. The van der Waals surface area contributed by atoms with Gasteiger partial charge in [0.2, 0.25) is 10.0 Å². The van der Waals surface area contributed by atoms with Gasteiger partial charge >= 0.3 is 0 Å². The molecule has 7 heteroatoms. The predicted octanol–water partition coefficient (Wildman–Crippen LogP) is 2.32. The number of aromatic amines is 1. The van der Waals surface area contributed by atoms with E-state index in [2.05, 4.69) is 4.98 Å². The summed E-state index contributed by atoms with van der Waals surface area (Å²) >= 11 is 0. The number of pyridine rings is 1. The van der Waals surface area contributed by atoms with Gasteiger partial charge in [0.25, 0.3) is 5.82 Å². The lowest BCUT2D eigenvalue weighted by Gasteiger charge is -2.25. The van der Waals surface area contributed by atoms with Crippen LogP contribution in [-0.2, 0) is 16.6 Å². The molecule has 6 nitrogen and oxygen atoms in total. The fourth-order valence-electron chi connectivity index (χ4n) is 3.14. The van der Waals surface area contributed by atoms with Crippen molar-refractivity contribution in [1.82, 2.24) is 4.31 Å². The minimum Gasteiger partial charge on any atom is -0.497 e. The standard InChI is InChI=1S/C19H25N3O3S/c1-21(15-16-6-8-17(25-2)9-7-16)19-11-10-18(14-20-19)26(23,24)22-12-4-3-5-13-22/h6-11,14H,3-5,12-13,15H2,1-2H3/p+1. The molecule has 0 aliphatic carbocycles. The Morgan fingerprint density at radius 1 is 1.08 bits per heavy atom. The molecule has 2 aromatic rings. The monoisotopic (exact) mass is 376 g/mol. The van der Waals surface area contributed by atoms with Gasteiger partial charge in [0.05, 0.1) is 14.2 Å². The van der Waals surface area contributed by atoms with Crippen molar-refractivity contribution in [2.45, 2.75) is 30.7 Å². The second kappa shape index (κ2) is 8.05. The zero-order chi connectivity index (χ0) is 18.6. The van der Waals surface area contributed by atoms with E-state index in [-0.39, 0.29) is 0 Å².